The Morgan fingerprint density at radius 3 is 1.10 bits per heavy atom. The third-order valence-electron chi connectivity index (χ3n) is 10.9. The van der Waals surface area contributed by atoms with Gasteiger partial charge in [0.15, 0.2) is 0 Å². The van der Waals surface area contributed by atoms with Crippen molar-refractivity contribution < 1.29 is 25.8 Å². The fourth-order valence-corrected chi connectivity index (χ4v) is 8.66. The predicted molar refractivity (Wildman–Crippen MR) is 218 cm³/mol. The molecule has 0 aliphatic heterocycles. The minimum Gasteiger partial charge on any atom is -0.358 e. The van der Waals surface area contributed by atoms with Crippen LogP contribution in [0.25, 0.3) is 66.1 Å². The van der Waals surface area contributed by atoms with Gasteiger partial charge >= 0.3 is 25.8 Å². The molecule has 0 bridgehead atoms. The van der Waals surface area contributed by atoms with Crippen LogP contribution >= 0.6 is 0 Å². The second-order valence-electron chi connectivity index (χ2n) is 13.6. The largest absolute Gasteiger partial charge is 4.00 e. The molecular weight excluding hydrogens is 779 g/mol. The zero-order valence-electron chi connectivity index (χ0n) is 29.7. The molecule has 0 amide bonds. The molecular formula is C50H44Hf. The van der Waals surface area contributed by atoms with Gasteiger partial charge in [-0.2, -0.15) is 0 Å². The molecule has 1 heteroatoms. The molecule has 1 saturated carbocycles. The van der Waals surface area contributed by atoms with Crippen LogP contribution in [0.5, 0.6) is 0 Å². The van der Waals surface area contributed by atoms with Crippen molar-refractivity contribution in [2.24, 2.45) is 0 Å². The van der Waals surface area contributed by atoms with Crippen molar-refractivity contribution >= 4 is 21.5 Å². The van der Waals surface area contributed by atoms with Crippen LogP contribution in [0.1, 0.15) is 43.2 Å². The molecule has 1 aliphatic carbocycles. The summed E-state index contributed by atoms with van der Waals surface area (Å²) in [4.78, 5) is 0. The fourth-order valence-electron chi connectivity index (χ4n) is 8.66. The van der Waals surface area contributed by atoms with Crippen LogP contribution in [0, 0.1) is 14.9 Å². The maximum Gasteiger partial charge on any atom is 4.00 e. The minimum absolute atomic E-state index is 0. The number of fused-ring (bicyclic) bond motifs is 2. The van der Waals surface area contributed by atoms with Crippen molar-refractivity contribution in [3.8, 4) is 44.5 Å². The van der Waals surface area contributed by atoms with Crippen molar-refractivity contribution in [2.45, 2.75) is 37.5 Å². The van der Waals surface area contributed by atoms with Gasteiger partial charge in [-0.15, -0.1) is 68.1 Å². The molecule has 1 fully saturated rings. The molecule has 0 unspecified atom stereocenters. The van der Waals surface area contributed by atoms with Crippen LogP contribution in [0.15, 0.2) is 170 Å². The van der Waals surface area contributed by atoms with Gasteiger partial charge in [0.05, 0.1) is 0 Å². The van der Waals surface area contributed by atoms with Gasteiger partial charge in [-0.3, -0.25) is 0 Å². The first kappa shape index (κ1) is 36.2. The van der Waals surface area contributed by atoms with Crippen molar-refractivity contribution in [3.05, 3.63) is 196 Å². The minimum atomic E-state index is -0.106. The molecule has 0 heterocycles. The van der Waals surface area contributed by atoms with Crippen molar-refractivity contribution in [3.63, 3.8) is 0 Å². The predicted octanol–water partition coefficient (Wildman–Crippen LogP) is 14.2. The maximum absolute atomic E-state index is 2.47. The Morgan fingerprint density at radius 1 is 0.353 bits per heavy atom. The van der Waals surface area contributed by atoms with Gasteiger partial charge in [0.25, 0.3) is 0 Å². The Morgan fingerprint density at radius 2 is 0.686 bits per heavy atom. The summed E-state index contributed by atoms with van der Waals surface area (Å²) in [5.41, 5.74) is 13.3. The van der Waals surface area contributed by atoms with Crippen LogP contribution in [0.2, 0.25) is 0 Å². The second kappa shape index (κ2) is 15.3. The maximum atomic E-state index is 2.47. The molecule has 0 spiro atoms. The molecule has 8 aromatic carbocycles. The van der Waals surface area contributed by atoms with Gasteiger partial charge in [-0.05, 0) is 27.7 Å². The number of benzene rings is 6. The van der Waals surface area contributed by atoms with Gasteiger partial charge in [0, 0.05) is 0 Å². The third-order valence-corrected chi connectivity index (χ3v) is 10.9. The van der Waals surface area contributed by atoms with E-state index in [0.717, 1.165) is 12.8 Å². The van der Waals surface area contributed by atoms with E-state index in [2.05, 4.69) is 170 Å². The van der Waals surface area contributed by atoms with E-state index in [4.69, 9.17) is 0 Å². The van der Waals surface area contributed by atoms with Crippen LogP contribution in [0.3, 0.4) is 0 Å². The Hall–Kier alpha value is -4.59. The Labute approximate surface area is 323 Å². The van der Waals surface area contributed by atoms with E-state index in [0.29, 0.717) is 0 Å². The molecule has 1 aliphatic rings. The summed E-state index contributed by atoms with van der Waals surface area (Å²) in [5.74, 6) is 0. The van der Waals surface area contributed by atoms with Gasteiger partial charge in [-0.1, -0.05) is 189 Å². The molecule has 51 heavy (non-hydrogen) atoms. The molecule has 0 nitrogen and oxygen atoms in total. The average molecular weight is 823 g/mol. The molecule has 0 N–H and O–H groups in total. The van der Waals surface area contributed by atoms with Crippen molar-refractivity contribution in [2.75, 3.05) is 0 Å². The summed E-state index contributed by atoms with van der Waals surface area (Å²) in [6, 6.07) is 63.2. The summed E-state index contributed by atoms with van der Waals surface area (Å²) in [6.45, 7) is 0. The van der Waals surface area contributed by atoms with Crippen molar-refractivity contribution in [1.29, 1.82) is 0 Å². The van der Waals surface area contributed by atoms with E-state index < -0.39 is 0 Å². The zero-order valence-corrected chi connectivity index (χ0v) is 33.3. The number of rotatable bonds is 6. The third kappa shape index (κ3) is 6.42. The monoisotopic (exact) mass is 824 g/mol. The Bertz CT molecular complexity index is 2170. The molecule has 248 valence electrons. The van der Waals surface area contributed by atoms with E-state index in [-0.39, 0.29) is 46.1 Å². The fraction of sp³-hybridized carbons (Fsp3) is 0.120. The van der Waals surface area contributed by atoms with Gasteiger partial charge in [-0.25, -0.2) is 0 Å². The van der Waals surface area contributed by atoms with Gasteiger partial charge in [0.1, 0.15) is 0 Å². The normalized spacial score (nSPS) is 13.6. The van der Waals surface area contributed by atoms with Crippen LogP contribution in [-0.4, -0.2) is 0 Å². The standard InChI is InChI=1S/C48H38.2CH3.Hf/c1-4-14-34(15-5-1)36-22-26-38(27-23-36)44-32-40-18-8-10-20-42(40)46(44)48(30-12-3-13-31-48)47-43-21-11-9-19-41(43)33-45(47)39-28-24-37(25-29-39)35-16-6-2-7-17-35;;;/h1-2,4-11,14-29,32-33H,3,12-13,30-31H2;2*1H3;/q-2;2*-1;+4. The first-order valence-electron chi connectivity index (χ1n) is 17.5. The quantitative estimate of drug-likeness (QED) is 0.116. The summed E-state index contributed by atoms with van der Waals surface area (Å²) in [6.07, 6.45) is 6.06. The number of hydrogen-bond acceptors (Lipinski definition) is 0. The summed E-state index contributed by atoms with van der Waals surface area (Å²) in [7, 11) is 0. The van der Waals surface area contributed by atoms with E-state index in [1.54, 1.807) is 0 Å². The van der Waals surface area contributed by atoms with E-state index >= 15 is 0 Å². The summed E-state index contributed by atoms with van der Waals surface area (Å²) in [5, 5.41) is 5.47. The average Bonchev–Trinajstić information content (AvgIpc) is 3.76. The Balaban J connectivity index is 0.00000149. The first-order valence-corrected chi connectivity index (χ1v) is 17.5. The SMILES string of the molecule is [CH3-].[CH3-].[Hf+4].c1ccc(-c2ccc(-c3[cH-]c4ccccc4c3C3(c4c(-c5ccc(-c6ccccc6)cc5)[cH-]c5ccccc45)CCCCC3)cc2)cc1. The smallest absolute Gasteiger partial charge is 0.358 e. The molecule has 8 aromatic rings. The summed E-state index contributed by atoms with van der Waals surface area (Å²) < 4.78 is 0. The molecule has 0 radical (unpaired) electrons. The van der Waals surface area contributed by atoms with E-state index in [9.17, 15) is 0 Å². The second-order valence-corrected chi connectivity index (χ2v) is 13.6. The van der Waals surface area contributed by atoms with Gasteiger partial charge < -0.3 is 14.9 Å². The molecule has 9 rings (SSSR count). The molecule has 0 aromatic heterocycles. The van der Waals surface area contributed by atoms with Gasteiger partial charge in [0.2, 0.25) is 0 Å². The topological polar surface area (TPSA) is 0 Å². The van der Waals surface area contributed by atoms with Crippen molar-refractivity contribution in [1.82, 2.24) is 0 Å². The zero-order chi connectivity index (χ0) is 31.9. The van der Waals surface area contributed by atoms with E-state index in [1.807, 2.05) is 0 Å². The number of hydrogen-bond donors (Lipinski definition) is 0. The van der Waals surface area contributed by atoms with Crippen LogP contribution in [0.4, 0.5) is 0 Å². The van der Waals surface area contributed by atoms with E-state index in [1.165, 1.54) is 96.4 Å². The van der Waals surface area contributed by atoms with Crippen LogP contribution in [-0.2, 0) is 31.3 Å². The summed E-state index contributed by atoms with van der Waals surface area (Å²) >= 11 is 0. The van der Waals surface area contributed by atoms with Crippen LogP contribution < -0.4 is 0 Å². The molecule has 0 atom stereocenters. The molecule has 0 saturated heterocycles. The Kier molecular flexibility index (Phi) is 10.9. The first-order chi connectivity index (χ1) is 23.8.